The predicted octanol–water partition coefficient (Wildman–Crippen LogP) is 3.01. The number of urea groups is 1. The monoisotopic (exact) mass is 305 g/mol. The number of aliphatic hydroxyl groups is 1. The van der Waals surface area contributed by atoms with Crippen LogP contribution < -0.4 is 10.6 Å². The second kappa shape index (κ2) is 7.19. The lowest BCUT2D eigenvalue weighted by atomic mass is 10.2. The zero-order valence-corrected chi connectivity index (χ0v) is 12.9. The normalized spacial score (nSPS) is 12.0. The third-order valence-electron chi connectivity index (χ3n) is 2.90. The largest absolute Gasteiger partial charge is 0.393 e. The fourth-order valence-corrected chi connectivity index (χ4v) is 2.81. The van der Waals surface area contributed by atoms with Gasteiger partial charge in [0.05, 0.1) is 16.7 Å². The first-order chi connectivity index (χ1) is 10.1. The van der Waals surface area contributed by atoms with Crippen LogP contribution in [0.1, 0.15) is 19.0 Å². The maximum atomic E-state index is 11.7. The van der Waals surface area contributed by atoms with Crippen LogP contribution in [-0.4, -0.2) is 28.8 Å². The van der Waals surface area contributed by atoms with E-state index < -0.39 is 6.10 Å². The maximum absolute atomic E-state index is 11.7. The number of nitrogens with one attached hydrogen (secondary N) is 2. The average Bonchev–Trinajstić information content (AvgIpc) is 2.80. The Morgan fingerprint density at radius 2 is 2.10 bits per heavy atom. The van der Waals surface area contributed by atoms with Gasteiger partial charge in [0.25, 0.3) is 0 Å². The summed E-state index contributed by atoms with van der Waals surface area (Å²) in [5.41, 5.74) is 1.99. The zero-order chi connectivity index (χ0) is 15.2. The van der Waals surface area contributed by atoms with E-state index in [0.29, 0.717) is 18.1 Å². The molecule has 0 radical (unpaired) electrons. The van der Waals surface area contributed by atoms with Crippen LogP contribution in [0.5, 0.6) is 0 Å². The number of amides is 2. The molecule has 0 bridgehead atoms. The summed E-state index contributed by atoms with van der Waals surface area (Å²) in [5.74, 6) is 0. The van der Waals surface area contributed by atoms with E-state index in [1.54, 1.807) is 6.92 Å². The molecule has 5 nitrogen and oxygen atoms in total. The van der Waals surface area contributed by atoms with Gasteiger partial charge in [0, 0.05) is 6.54 Å². The summed E-state index contributed by atoms with van der Waals surface area (Å²) >= 11 is 1.45. The number of aryl methyl sites for hydroxylation is 1. The molecule has 1 aromatic carbocycles. The predicted molar refractivity (Wildman–Crippen MR) is 85.6 cm³/mol. The van der Waals surface area contributed by atoms with E-state index in [0.717, 1.165) is 16.1 Å². The van der Waals surface area contributed by atoms with Crippen molar-refractivity contribution in [2.24, 2.45) is 0 Å². The van der Waals surface area contributed by atoms with Crippen LogP contribution in [0.25, 0.3) is 10.4 Å². The third-order valence-corrected chi connectivity index (χ3v) is 4.02. The summed E-state index contributed by atoms with van der Waals surface area (Å²) in [4.78, 5) is 17.1. The van der Waals surface area contributed by atoms with E-state index in [9.17, 15) is 4.79 Å². The molecular weight excluding hydrogens is 286 g/mol. The van der Waals surface area contributed by atoms with Crippen molar-refractivity contribution in [2.45, 2.75) is 26.4 Å². The quantitative estimate of drug-likeness (QED) is 0.795. The first kappa shape index (κ1) is 15.5. The Kier molecular flexibility index (Phi) is 5.30. The first-order valence-corrected chi connectivity index (χ1v) is 7.63. The standard InChI is InChI=1S/C15H19N3O2S/c1-10(19)8-9-16-14(20)18-15-17-11(2)13(21-15)12-6-4-3-5-7-12/h3-7,10,19H,8-9H2,1-2H3,(H2,16,17,18,20). The molecule has 2 rings (SSSR count). The van der Waals surface area contributed by atoms with E-state index in [-0.39, 0.29) is 6.03 Å². The number of hydrogen-bond donors (Lipinski definition) is 3. The van der Waals surface area contributed by atoms with Gasteiger partial charge in [-0.05, 0) is 25.8 Å². The van der Waals surface area contributed by atoms with E-state index >= 15 is 0 Å². The highest BCUT2D eigenvalue weighted by molar-refractivity contribution is 7.19. The Bertz CT molecular complexity index is 596. The second-order valence-electron chi connectivity index (χ2n) is 4.82. The number of benzene rings is 1. The van der Waals surface area contributed by atoms with Gasteiger partial charge in [-0.2, -0.15) is 0 Å². The van der Waals surface area contributed by atoms with Gasteiger partial charge in [0.1, 0.15) is 0 Å². The molecule has 2 aromatic rings. The van der Waals surface area contributed by atoms with Crippen LogP contribution >= 0.6 is 11.3 Å². The van der Waals surface area contributed by atoms with Crippen molar-refractivity contribution in [2.75, 3.05) is 11.9 Å². The SMILES string of the molecule is Cc1nc(NC(=O)NCCC(C)O)sc1-c1ccccc1. The lowest BCUT2D eigenvalue weighted by Gasteiger charge is -2.06. The van der Waals surface area contributed by atoms with Crippen LogP contribution in [0, 0.1) is 6.92 Å². The minimum absolute atomic E-state index is 0.302. The molecule has 2 amide bonds. The Morgan fingerprint density at radius 3 is 2.76 bits per heavy atom. The molecule has 1 aromatic heterocycles. The van der Waals surface area contributed by atoms with Gasteiger partial charge in [-0.15, -0.1) is 0 Å². The van der Waals surface area contributed by atoms with Crippen LogP contribution in [0.2, 0.25) is 0 Å². The summed E-state index contributed by atoms with van der Waals surface area (Å²) in [7, 11) is 0. The van der Waals surface area contributed by atoms with Crippen LogP contribution in [0.3, 0.4) is 0 Å². The number of rotatable bonds is 5. The number of thiazole rings is 1. The zero-order valence-electron chi connectivity index (χ0n) is 12.1. The molecule has 112 valence electrons. The minimum Gasteiger partial charge on any atom is -0.393 e. The molecule has 0 saturated carbocycles. The first-order valence-electron chi connectivity index (χ1n) is 6.82. The van der Waals surface area contributed by atoms with Gasteiger partial charge in [-0.1, -0.05) is 41.7 Å². The van der Waals surface area contributed by atoms with Crippen molar-refractivity contribution < 1.29 is 9.90 Å². The van der Waals surface area contributed by atoms with Gasteiger partial charge in [0.2, 0.25) is 0 Å². The van der Waals surface area contributed by atoms with E-state index in [1.165, 1.54) is 11.3 Å². The summed E-state index contributed by atoms with van der Waals surface area (Å²) in [5, 5.41) is 15.1. The highest BCUT2D eigenvalue weighted by atomic mass is 32.1. The van der Waals surface area contributed by atoms with E-state index in [4.69, 9.17) is 5.11 Å². The van der Waals surface area contributed by atoms with Gasteiger partial charge < -0.3 is 10.4 Å². The molecule has 1 unspecified atom stereocenters. The average molecular weight is 305 g/mol. The summed E-state index contributed by atoms with van der Waals surface area (Å²) in [6, 6.07) is 9.66. The maximum Gasteiger partial charge on any atom is 0.321 e. The van der Waals surface area contributed by atoms with Gasteiger partial charge in [-0.25, -0.2) is 9.78 Å². The van der Waals surface area contributed by atoms with Crippen LogP contribution in [-0.2, 0) is 0 Å². The molecule has 0 fully saturated rings. The molecule has 0 saturated heterocycles. The Labute approximate surface area is 128 Å². The fraction of sp³-hybridized carbons (Fsp3) is 0.333. The molecule has 1 atom stereocenters. The van der Waals surface area contributed by atoms with Crippen molar-refractivity contribution in [3.8, 4) is 10.4 Å². The van der Waals surface area contributed by atoms with Crippen molar-refractivity contribution in [3.05, 3.63) is 36.0 Å². The second-order valence-corrected chi connectivity index (χ2v) is 5.82. The molecular formula is C15H19N3O2S. The van der Waals surface area contributed by atoms with Crippen molar-refractivity contribution in [1.82, 2.24) is 10.3 Å². The Morgan fingerprint density at radius 1 is 1.38 bits per heavy atom. The summed E-state index contributed by atoms with van der Waals surface area (Å²) in [6.07, 6.45) is 0.108. The molecule has 0 aliphatic rings. The van der Waals surface area contributed by atoms with Gasteiger partial charge in [0.15, 0.2) is 5.13 Å². The molecule has 0 aliphatic carbocycles. The fourth-order valence-electron chi connectivity index (χ4n) is 1.84. The lowest BCUT2D eigenvalue weighted by molar-refractivity contribution is 0.184. The highest BCUT2D eigenvalue weighted by Crippen LogP contribution is 2.32. The number of anilines is 1. The molecule has 0 aliphatic heterocycles. The van der Waals surface area contributed by atoms with E-state index in [1.807, 2.05) is 37.3 Å². The molecule has 21 heavy (non-hydrogen) atoms. The minimum atomic E-state index is -0.419. The number of carbonyl (C=O) groups is 1. The number of hydrogen-bond acceptors (Lipinski definition) is 4. The van der Waals surface area contributed by atoms with Gasteiger partial charge in [-0.3, -0.25) is 5.32 Å². The van der Waals surface area contributed by atoms with E-state index in [2.05, 4.69) is 15.6 Å². The number of aliphatic hydroxyl groups excluding tert-OH is 1. The molecule has 3 N–H and O–H groups in total. The lowest BCUT2D eigenvalue weighted by Crippen LogP contribution is -2.30. The highest BCUT2D eigenvalue weighted by Gasteiger charge is 2.11. The van der Waals surface area contributed by atoms with Crippen molar-refractivity contribution in [3.63, 3.8) is 0 Å². The van der Waals surface area contributed by atoms with Crippen LogP contribution in [0.15, 0.2) is 30.3 Å². The van der Waals surface area contributed by atoms with Crippen molar-refractivity contribution >= 4 is 22.5 Å². The smallest absolute Gasteiger partial charge is 0.321 e. The molecule has 6 heteroatoms. The Hall–Kier alpha value is -1.92. The summed E-state index contributed by atoms with van der Waals surface area (Å²) in [6.45, 7) is 4.05. The molecule has 0 spiro atoms. The number of aromatic nitrogens is 1. The summed E-state index contributed by atoms with van der Waals surface area (Å²) < 4.78 is 0. The van der Waals surface area contributed by atoms with Crippen LogP contribution in [0.4, 0.5) is 9.93 Å². The molecule has 1 heterocycles. The number of nitrogens with zero attached hydrogens (tertiary/aromatic N) is 1. The van der Waals surface area contributed by atoms with Gasteiger partial charge >= 0.3 is 6.03 Å². The Balaban J connectivity index is 1.98. The third kappa shape index (κ3) is 4.54. The number of carbonyl (C=O) groups excluding carboxylic acids is 1. The topological polar surface area (TPSA) is 74.2 Å². The van der Waals surface area contributed by atoms with Crippen molar-refractivity contribution in [1.29, 1.82) is 0 Å².